The number of benzene rings is 1. The van der Waals surface area contributed by atoms with Gasteiger partial charge in [0.2, 0.25) is 10.4 Å². The van der Waals surface area contributed by atoms with Crippen LogP contribution in [0.3, 0.4) is 0 Å². The molecule has 4 unspecified atom stereocenters. The Morgan fingerprint density at radius 1 is 1.28 bits per heavy atom. The minimum atomic E-state index is -4.92. The van der Waals surface area contributed by atoms with Gasteiger partial charge in [0.05, 0.1) is 18.3 Å². The maximum Gasteiger partial charge on any atom is 1.00 e. The standard InChI is InChI=1S/C16H21O3.Na.H2O4S/c1-16(2)10-13(17)12(14(18)15(16)19)9-8-11-6-4-3-5-7-11;;1-5(2,3)4/h3-6,8-9,12-15,17-19H,10H2,1-2H3;;(H2,1,2,3,4)/q-1;+1;/p-1/b9-8+;;. The van der Waals surface area contributed by atoms with Crippen LogP contribution in [-0.4, -0.2) is 51.2 Å². The molecule has 2 rings (SSSR count). The van der Waals surface area contributed by atoms with Crippen molar-refractivity contribution in [2.45, 2.75) is 38.6 Å². The van der Waals surface area contributed by atoms with Crippen molar-refractivity contribution in [3.05, 3.63) is 42.0 Å². The largest absolute Gasteiger partial charge is 1.00 e. The fourth-order valence-electron chi connectivity index (χ4n) is 2.66. The molecule has 1 saturated carbocycles. The van der Waals surface area contributed by atoms with E-state index in [-0.39, 0.29) is 29.6 Å². The van der Waals surface area contributed by atoms with Crippen LogP contribution < -0.4 is 29.6 Å². The first-order chi connectivity index (χ1) is 10.9. The van der Waals surface area contributed by atoms with Crippen LogP contribution in [0.25, 0.3) is 6.08 Å². The van der Waals surface area contributed by atoms with Gasteiger partial charge in [-0.2, -0.15) is 5.56 Å². The van der Waals surface area contributed by atoms with Crippen molar-refractivity contribution < 1.29 is 62.4 Å². The van der Waals surface area contributed by atoms with E-state index < -0.39 is 40.0 Å². The van der Waals surface area contributed by atoms with Crippen molar-refractivity contribution >= 4 is 16.5 Å². The van der Waals surface area contributed by atoms with Crippen molar-refractivity contribution in [2.24, 2.45) is 11.3 Å². The summed E-state index contributed by atoms with van der Waals surface area (Å²) in [6.45, 7) is 3.71. The molecular weight excluding hydrogens is 359 g/mol. The fraction of sp³-hybridized carbons (Fsp3) is 0.500. The summed E-state index contributed by atoms with van der Waals surface area (Å²) >= 11 is 0. The molecule has 136 valence electrons. The number of hydrogen-bond acceptors (Lipinski definition) is 6. The summed E-state index contributed by atoms with van der Waals surface area (Å²) < 4.78 is 32.8. The summed E-state index contributed by atoms with van der Waals surface area (Å²) in [7, 11) is -4.92. The average molecular weight is 381 g/mol. The van der Waals surface area contributed by atoms with E-state index >= 15 is 0 Å². The van der Waals surface area contributed by atoms with Crippen molar-refractivity contribution in [3.63, 3.8) is 0 Å². The van der Waals surface area contributed by atoms with Crippen molar-refractivity contribution in [1.82, 2.24) is 0 Å². The van der Waals surface area contributed by atoms with Gasteiger partial charge in [0.1, 0.15) is 0 Å². The zero-order chi connectivity index (χ0) is 18.5. The van der Waals surface area contributed by atoms with Gasteiger partial charge in [-0.15, -0.1) is 42.5 Å². The predicted octanol–water partition coefficient (Wildman–Crippen LogP) is -2.36. The molecule has 9 heteroatoms. The normalized spacial score (nSPS) is 28.6. The predicted molar refractivity (Wildman–Crippen MR) is 86.5 cm³/mol. The number of aliphatic hydroxyl groups is 3. The molecule has 0 heterocycles. The smallest absolute Gasteiger partial charge is 0.726 e. The van der Waals surface area contributed by atoms with Gasteiger partial charge in [-0.3, -0.25) is 4.55 Å². The van der Waals surface area contributed by atoms with Gasteiger partial charge >= 0.3 is 29.6 Å². The van der Waals surface area contributed by atoms with E-state index in [1.165, 1.54) is 0 Å². The average Bonchev–Trinajstić information content (AvgIpc) is 2.44. The summed E-state index contributed by atoms with van der Waals surface area (Å²) in [5, 5.41) is 30.4. The Hall–Kier alpha value is -0.290. The van der Waals surface area contributed by atoms with Gasteiger partial charge < -0.3 is 19.9 Å². The number of aliphatic hydroxyl groups excluding tert-OH is 3. The molecule has 1 aromatic rings. The fourth-order valence-corrected chi connectivity index (χ4v) is 2.66. The second-order valence-electron chi connectivity index (χ2n) is 6.38. The van der Waals surface area contributed by atoms with E-state index in [9.17, 15) is 15.3 Å². The van der Waals surface area contributed by atoms with Crippen LogP contribution in [-0.2, 0) is 10.4 Å². The Morgan fingerprint density at radius 2 is 1.84 bits per heavy atom. The molecule has 0 radical (unpaired) electrons. The minimum Gasteiger partial charge on any atom is -0.726 e. The number of rotatable bonds is 2. The molecule has 1 fully saturated rings. The van der Waals surface area contributed by atoms with E-state index in [1.54, 1.807) is 6.08 Å². The van der Waals surface area contributed by atoms with Gasteiger partial charge in [0.25, 0.3) is 0 Å². The van der Waals surface area contributed by atoms with Crippen LogP contribution in [0, 0.1) is 17.4 Å². The van der Waals surface area contributed by atoms with Crippen LogP contribution in [0.15, 0.2) is 30.3 Å². The molecule has 1 aliphatic carbocycles. The first-order valence-electron chi connectivity index (χ1n) is 7.29. The van der Waals surface area contributed by atoms with Gasteiger partial charge in [-0.25, -0.2) is 8.42 Å². The quantitative estimate of drug-likeness (QED) is 0.195. The van der Waals surface area contributed by atoms with Crippen LogP contribution in [0.4, 0.5) is 0 Å². The Kier molecular flexibility index (Phi) is 10.0. The summed E-state index contributed by atoms with van der Waals surface area (Å²) in [5.41, 5.74) is 0.420. The molecule has 0 aromatic heterocycles. The van der Waals surface area contributed by atoms with Gasteiger partial charge in [0.15, 0.2) is 0 Å². The first-order valence-corrected chi connectivity index (χ1v) is 8.66. The summed E-state index contributed by atoms with van der Waals surface area (Å²) in [6, 6.07) is 10.6. The zero-order valence-corrected chi connectivity index (χ0v) is 17.2. The molecule has 0 amide bonds. The second kappa shape index (κ2) is 10.1. The van der Waals surface area contributed by atoms with E-state index in [0.29, 0.717) is 6.42 Å². The molecule has 1 aliphatic rings. The zero-order valence-electron chi connectivity index (χ0n) is 14.4. The first kappa shape index (κ1) is 24.7. The van der Waals surface area contributed by atoms with Crippen molar-refractivity contribution in [2.75, 3.05) is 0 Å². The molecule has 0 saturated heterocycles. The molecule has 4 N–H and O–H groups in total. The molecule has 25 heavy (non-hydrogen) atoms. The van der Waals surface area contributed by atoms with E-state index in [0.717, 1.165) is 5.56 Å². The minimum absolute atomic E-state index is 0. The maximum absolute atomic E-state index is 10.2. The van der Waals surface area contributed by atoms with Gasteiger partial charge in [-0.05, 0) is 11.8 Å². The Morgan fingerprint density at radius 3 is 2.32 bits per heavy atom. The molecule has 0 spiro atoms. The third kappa shape index (κ3) is 8.76. The second-order valence-corrected chi connectivity index (χ2v) is 7.23. The van der Waals surface area contributed by atoms with Crippen molar-refractivity contribution in [3.8, 4) is 0 Å². The van der Waals surface area contributed by atoms with E-state index in [2.05, 4.69) is 6.07 Å². The molecule has 1 aromatic carbocycles. The van der Waals surface area contributed by atoms with Gasteiger partial charge in [-0.1, -0.05) is 13.8 Å². The molecular formula is C16H22NaO7S-. The molecule has 7 nitrogen and oxygen atoms in total. The maximum atomic E-state index is 10.2. The Bertz CT molecular complexity index is 638. The number of hydrogen-bond donors (Lipinski definition) is 4. The molecule has 0 aliphatic heterocycles. The summed E-state index contributed by atoms with van der Waals surface area (Å²) in [4.78, 5) is 0. The van der Waals surface area contributed by atoms with Crippen LogP contribution in [0.1, 0.15) is 25.8 Å². The Balaban J connectivity index is 0.000000848. The van der Waals surface area contributed by atoms with Crippen LogP contribution in [0.5, 0.6) is 0 Å². The Labute approximate surface area is 170 Å². The molecule has 4 atom stereocenters. The monoisotopic (exact) mass is 381 g/mol. The third-order valence-corrected chi connectivity index (χ3v) is 3.93. The van der Waals surface area contributed by atoms with Crippen LogP contribution >= 0.6 is 0 Å². The summed E-state index contributed by atoms with van der Waals surface area (Å²) in [5.74, 6) is -0.448. The summed E-state index contributed by atoms with van der Waals surface area (Å²) in [6.07, 6.45) is 1.64. The van der Waals surface area contributed by atoms with Crippen molar-refractivity contribution in [1.29, 1.82) is 0 Å². The van der Waals surface area contributed by atoms with Gasteiger partial charge in [0, 0.05) is 5.92 Å². The van der Waals surface area contributed by atoms with E-state index in [4.69, 9.17) is 17.5 Å². The molecule has 0 bridgehead atoms. The van der Waals surface area contributed by atoms with E-state index in [1.807, 2.05) is 44.2 Å². The third-order valence-electron chi connectivity index (χ3n) is 3.93. The SMILES string of the molecule is CC1(C)CC(O)C(/C=C/c2[c-]cccc2)C(O)C1O.O=S(=O)([O-])O.[Na+]. The topological polar surface area (TPSA) is 138 Å². The van der Waals surface area contributed by atoms with Crippen LogP contribution in [0.2, 0.25) is 0 Å².